The molecule has 3 atom stereocenters. The minimum atomic E-state index is -4.13. The number of likely N-dealkylation sites (tertiary alicyclic amines) is 1. The van der Waals surface area contributed by atoms with Gasteiger partial charge < -0.3 is 43.5 Å². The van der Waals surface area contributed by atoms with E-state index >= 15 is 0 Å². The van der Waals surface area contributed by atoms with Crippen LogP contribution in [0.2, 0.25) is 0 Å². The molecule has 0 saturated carbocycles. The van der Waals surface area contributed by atoms with E-state index in [0.29, 0.717) is 48.1 Å². The summed E-state index contributed by atoms with van der Waals surface area (Å²) in [6, 6.07) is 24.2. The number of methoxy groups -OCH3 is 2. The van der Waals surface area contributed by atoms with Gasteiger partial charge in [0.25, 0.3) is 5.91 Å². The van der Waals surface area contributed by atoms with Crippen molar-refractivity contribution in [1.82, 2.24) is 9.80 Å². The van der Waals surface area contributed by atoms with Crippen LogP contribution in [0.5, 0.6) is 17.2 Å². The smallest absolute Gasteiger partial charge is 0.411 e. The molecule has 2 saturated heterocycles. The Morgan fingerprint density at radius 2 is 1.49 bits per heavy atom. The zero-order valence-corrected chi connectivity index (χ0v) is 40.0. The Kier molecular flexibility index (Phi) is 17.1. The van der Waals surface area contributed by atoms with Crippen LogP contribution in [0, 0.1) is 5.92 Å². The lowest BCUT2D eigenvalue weighted by atomic mass is 9.89. The molecule has 376 valence electrons. The van der Waals surface area contributed by atoms with Gasteiger partial charge in [0.1, 0.15) is 37.1 Å². The monoisotopic (exact) mass is 997 g/mol. The maximum absolute atomic E-state index is 13.9. The van der Waals surface area contributed by atoms with Crippen molar-refractivity contribution in [2.24, 2.45) is 5.92 Å². The van der Waals surface area contributed by atoms with E-state index in [1.165, 1.54) is 43.4 Å². The molecule has 3 unspecified atom stereocenters. The molecular weight excluding hydrogens is 943 g/mol. The van der Waals surface area contributed by atoms with Crippen molar-refractivity contribution in [2.75, 3.05) is 51.7 Å². The summed E-state index contributed by atoms with van der Waals surface area (Å²) < 4.78 is 60.9. The van der Waals surface area contributed by atoms with E-state index in [0.717, 1.165) is 4.90 Å². The summed E-state index contributed by atoms with van der Waals surface area (Å²) >= 11 is 0. The summed E-state index contributed by atoms with van der Waals surface area (Å²) in [5, 5.41) is 20.5. The van der Waals surface area contributed by atoms with Crippen molar-refractivity contribution < 1.29 is 75.8 Å². The minimum Gasteiger partial charge on any atom is -0.493 e. The summed E-state index contributed by atoms with van der Waals surface area (Å²) in [5.74, 6) is -4.08. The highest BCUT2D eigenvalue weighted by Crippen LogP contribution is 2.43. The van der Waals surface area contributed by atoms with Crippen molar-refractivity contribution in [1.29, 1.82) is 0 Å². The van der Waals surface area contributed by atoms with Gasteiger partial charge in [0, 0.05) is 37.4 Å². The predicted octanol–water partition coefficient (Wildman–Crippen LogP) is 4.66. The number of nitrogens with one attached hydrogen (secondary N) is 1. The number of nitrogens with zero attached hydrogens (tertiary/aromatic N) is 2. The van der Waals surface area contributed by atoms with Crippen LogP contribution in [0.3, 0.4) is 0 Å². The molecule has 0 spiro atoms. The summed E-state index contributed by atoms with van der Waals surface area (Å²) in [7, 11) is -1.45. The number of fused-ring (bicyclic) bond motifs is 1. The highest BCUT2D eigenvalue weighted by Gasteiger charge is 2.60. The Morgan fingerprint density at radius 3 is 2.17 bits per heavy atom. The van der Waals surface area contributed by atoms with E-state index in [9.17, 15) is 47.4 Å². The maximum Gasteiger partial charge on any atom is 0.411 e. The van der Waals surface area contributed by atoms with E-state index in [1.54, 1.807) is 66.7 Å². The fourth-order valence-electron chi connectivity index (χ4n) is 8.59. The number of benzene rings is 4. The zero-order chi connectivity index (χ0) is 50.7. The van der Waals surface area contributed by atoms with Crippen LogP contribution in [0.1, 0.15) is 64.7 Å². The molecule has 0 radical (unpaired) electrons. The number of aliphatic hydroxyl groups is 2. The average Bonchev–Trinajstić information content (AvgIpc) is 3.86. The van der Waals surface area contributed by atoms with Crippen LogP contribution < -0.4 is 19.5 Å². The molecule has 2 fully saturated rings. The number of hydrogen-bond acceptors (Lipinski definition) is 16. The van der Waals surface area contributed by atoms with Gasteiger partial charge in [-0.2, -0.15) is 0 Å². The number of rotatable bonds is 22. The molecule has 7 rings (SSSR count). The molecule has 0 bridgehead atoms. The summed E-state index contributed by atoms with van der Waals surface area (Å²) in [6.07, 6.45) is 0.461. The van der Waals surface area contributed by atoms with Crippen LogP contribution in [-0.4, -0.2) is 122 Å². The molecule has 3 N–H and O–H groups in total. The second kappa shape index (κ2) is 23.5. The first-order chi connectivity index (χ1) is 34.2. The van der Waals surface area contributed by atoms with Crippen molar-refractivity contribution in [3.05, 3.63) is 130 Å². The van der Waals surface area contributed by atoms with Gasteiger partial charge in [-0.05, 0) is 59.7 Å². The minimum absolute atomic E-state index is 0.00640. The van der Waals surface area contributed by atoms with Gasteiger partial charge in [-0.1, -0.05) is 66.7 Å². The number of esters is 2. The molecule has 3 aliphatic heterocycles. The summed E-state index contributed by atoms with van der Waals surface area (Å²) in [5.41, 5.74) is 2.25. The van der Waals surface area contributed by atoms with Gasteiger partial charge >= 0.3 is 18.0 Å². The number of Topliss-reactive ketones (excluding diaryl/α,β-unsaturated/α-hetero) is 1. The first-order valence-electron chi connectivity index (χ1n) is 22.9. The predicted molar refractivity (Wildman–Crippen MR) is 253 cm³/mol. The normalized spacial score (nSPS) is 17.9. The fraction of sp³-hybridized carbons (Fsp3) is 0.373. The van der Waals surface area contributed by atoms with E-state index in [-0.39, 0.29) is 97.8 Å². The van der Waals surface area contributed by atoms with Gasteiger partial charge in [0.05, 0.1) is 63.0 Å². The number of aliphatic hydroxyl groups excluding tert-OH is 2. The van der Waals surface area contributed by atoms with Crippen LogP contribution in [0.25, 0.3) is 0 Å². The van der Waals surface area contributed by atoms with Gasteiger partial charge in [-0.25, -0.2) is 18.0 Å². The molecule has 0 aliphatic carbocycles. The number of carbonyl (C=O) groups is 6. The lowest BCUT2D eigenvalue weighted by Gasteiger charge is -2.49. The average molecular weight is 998 g/mol. The van der Waals surface area contributed by atoms with Gasteiger partial charge in [-0.3, -0.25) is 29.4 Å². The maximum atomic E-state index is 13.9. The van der Waals surface area contributed by atoms with E-state index in [1.807, 2.05) is 0 Å². The Hall–Kier alpha value is -7.29. The third-order valence-electron chi connectivity index (χ3n) is 12.3. The number of carbonyl (C=O) groups excluding carboxylic acids is 6. The number of ketones is 1. The van der Waals surface area contributed by atoms with Crippen LogP contribution in [-0.2, 0) is 69.5 Å². The Bertz CT molecular complexity index is 2750. The highest BCUT2D eigenvalue weighted by molar-refractivity contribution is 7.92. The topological polar surface area (TPSA) is 251 Å². The Labute approximate surface area is 410 Å². The molecule has 20 heteroatoms. The molecule has 3 amide bonds. The number of hydrogen-bond donors (Lipinski definition) is 3. The van der Waals surface area contributed by atoms with Crippen molar-refractivity contribution in [3.63, 3.8) is 0 Å². The van der Waals surface area contributed by atoms with Crippen LogP contribution >= 0.6 is 0 Å². The Morgan fingerprint density at radius 1 is 0.803 bits per heavy atom. The first kappa shape index (κ1) is 51.6. The van der Waals surface area contributed by atoms with Gasteiger partial charge in [-0.15, -0.1) is 0 Å². The van der Waals surface area contributed by atoms with Crippen molar-refractivity contribution >= 4 is 51.2 Å². The second-order valence-electron chi connectivity index (χ2n) is 17.1. The fourth-order valence-corrected chi connectivity index (χ4v) is 10.7. The molecule has 3 heterocycles. The van der Waals surface area contributed by atoms with Crippen LogP contribution in [0.4, 0.5) is 10.5 Å². The summed E-state index contributed by atoms with van der Waals surface area (Å²) in [6.45, 7) is -0.830. The third-order valence-corrected chi connectivity index (χ3v) is 14.3. The molecule has 19 nitrogen and oxygen atoms in total. The van der Waals surface area contributed by atoms with E-state index in [2.05, 4.69) is 10.1 Å². The first-order valence-corrected chi connectivity index (χ1v) is 24.6. The quantitative estimate of drug-likeness (QED) is 0.0419. The standard InChI is InChI=1S/C51H55N3O16S/c1-65-43-24-40(47(59)53-20-6-10-37(53)27-56)42(25-44(43)67-21-7-11-45(58)66-2)52-51(62)70-29-35-16-18-39(19-17-35)68-30-36-31-71(63,64)49-41(23-38(57)22-32-8-4-3-5-9-32)48(60)54(49)46(36)50(61)69-28-34-14-12-33(26-55)13-15-34/h3-5,8-9,12-19,24-25,37,41,49,55-56H,6-7,10-11,20-23,26-31H2,1-2H3,(H,52,62). The lowest BCUT2D eigenvalue weighted by molar-refractivity contribution is -0.156. The number of ether oxygens (including phenoxy) is 6. The van der Waals surface area contributed by atoms with E-state index < -0.39 is 69.4 Å². The zero-order valence-electron chi connectivity index (χ0n) is 39.2. The largest absolute Gasteiger partial charge is 0.493 e. The van der Waals surface area contributed by atoms with Gasteiger partial charge in [0.2, 0.25) is 5.91 Å². The van der Waals surface area contributed by atoms with Crippen molar-refractivity contribution in [3.8, 4) is 17.2 Å². The van der Waals surface area contributed by atoms with Crippen LogP contribution in [0.15, 0.2) is 102 Å². The summed E-state index contributed by atoms with van der Waals surface area (Å²) in [4.78, 5) is 81.9. The number of β-lactam (4-membered cyclic amide) rings is 1. The van der Waals surface area contributed by atoms with Crippen molar-refractivity contribution in [2.45, 2.75) is 69.8 Å². The third kappa shape index (κ3) is 12.5. The number of amides is 3. The molecule has 0 aromatic heterocycles. The SMILES string of the molecule is COC(=O)CCCOc1cc(NC(=O)OCc2ccc(OCC3=C(C(=O)OCc4ccc(CO)cc4)N4C(=O)C(CC(=O)Cc5ccccc5)C4S(=O)(=O)C3)cc2)c(C(=O)N2CCCC2CO)cc1OC. The molecule has 3 aliphatic rings. The lowest BCUT2D eigenvalue weighted by Crippen LogP contribution is -2.67. The molecule has 4 aromatic carbocycles. The van der Waals surface area contributed by atoms with Gasteiger partial charge in [0.15, 0.2) is 26.7 Å². The molecule has 71 heavy (non-hydrogen) atoms. The highest BCUT2D eigenvalue weighted by atomic mass is 32.2. The molecular formula is C51H55N3O16S. The Balaban J connectivity index is 1.03. The molecule has 4 aromatic rings. The number of sulfone groups is 1. The second-order valence-corrected chi connectivity index (χ2v) is 19.2. The van der Waals surface area contributed by atoms with E-state index in [4.69, 9.17) is 23.7 Å². The number of anilines is 1.